The highest BCUT2D eigenvalue weighted by atomic mass is 32.2. The molecule has 5 nitrogen and oxygen atoms in total. The van der Waals surface area contributed by atoms with Crippen molar-refractivity contribution in [3.63, 3.8) is 0 Å². The van der Waals surface area contributed by atoms with Crippen LogP contribution in [0.5, 0.6) is 0 Å². The predicted molar refractivity (Wildman–Crippen MR) is 94.6 cm³/mol. The van der Waals surface area contributed by atoms with Gasteiger partial charge in [-0.25, -0.2) is 8.42 Å². The van der Waals surface area contributed by atoms with Crippen molar-refractivity contribution in [2.75, 3.05) is 18.8 Å². The van der Waals surface area contributed by atoms with Gasteiger partial charge in [0.2, 0.25) is 0 Å². The summed E-state index contributed by atoms with van der Waals surface area (Å²) < 4.78 is 26.7. The van der Waals surface area contributed by atoms with Crippen molar-refractivity contribution in [2.45, 2.75) is 43.2 Å². The van der Waals surface area contributed by atoms with Crippen molar-refractivity contribution in [3.05, 3.63) is 48.8 Å². The first-order valence-electron chi connectivity index (χ1n) is 8.64. The number of hydrogen-bond donors (Lipinski definition) is 0. The molecule has 3 rings (SSSR count). The third-order valence-corrected chi connectivity index (χ3v) is 6.48. The molecule has 1 aromatic carbocycles. The van der Waals surface area contributed by atoms with Crippen LogP contribution < -0.4 is 0 Å². The van der Waals surface area contributed by atoms with Crippen LogP contribution in [0.3, 0.4) is 0 Å². The van der Waals surface area contributed by atoms with Gasteiger partial charge in [-0.15, -0.1) is 0 Å². The van der Waals surface area contributed by atoms with Gasteiger partial charge in [0.25, 0.3) is 0 Å². The molecule has 1 saturated heterocycles. The number of sulfone groups is 1. The topological polar surface area (TPSA) is 55.2 Å². The second-order valence-electron chi connectivity index (χ2n) is 6.40. The molecule has 0 radical (unpaired) electrons. The fourth-order valence-electron chi connectivity index (χ4n) is 3.39. The lowest BCUT2D eigenvalue weighted by atomic mass is 10.0. The van der Waals surface area contributed by atoms with Gasteiger partial charge in [0.1, 0.15) is 0 Å². The molecule has 0 aliphatic carbocycles. The van der Waals surface area contributed by atoms with Crippen LogP contribution in [-0.4, -0.2) is 48.0 Å². The van der Waals surface area contributed by atoms with E-state index in [0.717, 1.165) is 26.1 Å². The van der Waals surface area contributed by atoms with Crippen molar-refractivity contribution in [1.82, 2.24) is 14.7 Å². The Hall–Kier alpha value is -1.66. The van der Waals surface area contributed by atoms with Gasteiger partial charge in [-0.1, -0.05) is 24.6 Å². The Balaban J connectivity index is 1.54. The van der Waals surface area contributed by atoms with E-state index in [2.05, 4.69) is 10.00 Å². The summed E-state index contributed by atoms with van der Waals surface area (Å²) >= 11 is 0. The molecule has 0 spiro atoms. The Bertz CT molecular complexity index is 714. The van der Waals surface area contributed by atoms with Gasteiger partial charge in [0.15, 0.2) is 9.84 Å². The normalized spacial score (nSPS) is 19.4. The first kappa shape index (κ1) is 17.2. The molecule has 24 heavy (non-hydrogen) atoms. The Morgan fingerprint density at radius 2 is 1.96 bits per heavy atom. The van der Waals surface area contributed by atoms with Crippen molar-refractivity contribution in [1.29, 1.82) is 0 Å². The van der Waals surface area contributed by atoms with Gasteiger partial charge in [0.05, 0.1) is 17.2 Å². The van der Waals surface area contributed by atoms with Gasteiger partial charge in [-0.2, -0.15) is 5.10 Å². The summed E-state index contributed by atoms with van der Waals surface area (Å²) in [5.41, 5.74) is 0. The summed E-state index contributed by atoms with van der Waals surface area (Å²) in [4.78, 5) is 2.86. The standard InChI is InChI=1S/C18H25N3O2S/c22-24(23,18-9-2-1-3-10-18)15-7-13-20-12-5-4-8-17(20)16-21-14-6-11-19-21/h1-3,6,9-11,14,17H,4-5,7-8,12-13,15-16H2/t17-/m1/s1. The van der Waals surface area contributed by atoms with Crippen LogP contribution in [0.4, 0.5) is 0 Å². The zero-order chi connectivity index (χ0) is 16.8. The maximum atomic E-state index is 12.4. The highest BCUT2D eigenvalue weighted by molar-refractivity contribution is 7.91. The molecule has 1 fully saturated rings. The SMILES string of the molecule is O=S(=O)(CCCN1CCCC[C@@H]1Cn1cccn1)c1ccccc1. The molecule has 1 aromatic heterocycles. The van der Waals surface area contributed by atoms with Gasteiger partial charge in [-0.3, -0.25) is 9.58 Å². The largest absolute Gasteiger partial charge is 0.299 e. The molecule has 2 heterocycles. The minimum absolute atomic E-state index is 0.210. The molecule has 6 heteroatoms. The van der Waals surface area contributed by atoms with Crippen molar-refractivity contribution < 1.29 is 8.42 Å². The summed E-state index contributed by atoms with van der Waals surface area (Å²) in [5, 5.41) is 4.30. The molecule has 1 aliphatic rings. The fourth-order valence-corrected chi connectivity index (χ4v) is 4.71. The van der Waals surface area contributed by atoms with Crippen LogP contribution in [0.2, 0.25) is 0 Å². The Morgan fingerprint density at radius 1 is 1.12 bits per heavy atom. The number of piperidine rings is 1. The summed E-state index contributed by atoms with van der Waals surface area (Å²) in [5.74, 6) is 0.210. The van der Waals surface area contributed by atoms with Crippen molar-refractivity contribution in [3.8, 4) is 0 Å². The lowest BCUT2D eigenvalue weighted by Crippen LogP contribution is -2.43. The molecular weight excluding hydrogens is 322 g/mol. The second kappa shape index (κ2) is 7.94. The first-order valence-corrected chi connectivity index (χ1v) is 10.3. The van der Waals surface area contributed by atoms with Gasteiger partial charge < -0.3 is 0 Å². The number of rotatable bonds is 7. The average molecular weight is 347 g/mol. The van der Waals surface area contributed by atoms with Crippen molar-refractivity contribution in [2.24, 2.45) is 0 Å². The van der Waals surface area contributed by atoms with Crippen molar-refractivity contribution >= 4 is 9.84 Å². The molecule has 1 atom stereocenters. The number of likely N-dealkylation sites (tertiary alicyclic amines) is 1. The molecule has 0 bridgehead atoms. The summed E-state index contributed by atoms with van der Waals surface area (Å²) in [7, 11) is -3.17. The Kier molecular flexibility index (Phi) is 5.68. The molecule has 0 amide bonds. The van der Waals surface area contributed by atoms with Crippen LogP contribution in [-0.2, 0) is 16.4 Å². The average Bonchev–Trinajstić information content (AvgIpc) is 3.10. The first-order chi connectivity index (χ1) is 11.6. The molecule has 0 saturated carbocycles. The van der Waals surface area contributed by atoms with Crippen LogP contribution >= 0.6 is 0 Å². The highest BCUT2D eigenvalue weighted by Crippen LogP contribution is 2.19. The second-order valence-corrected chi connectivity index (χ2v) is 8.51. The monoisotopic (exact) mass is 347 g/mol. The van der Waals surface area contributed by atoms with Gasteiger partial charge in [0, 0.05) is 18.4 Å². The van der Waals surface area contributed by atoms with Crippen LogP contribution in [0, 0.1) is 0 Å². The number of hydrogen-bond acceptors (Lipinski definition) is 4. The maximum absolute atomic E-state index is 12.4. The number of benzene rings is 1. The van der Waals surface area contributed by atoms with E-state index in [4.69, 9.17) is 0 Å². The lowest BCUT2D eigenvalue weighted by Gasteiger charge is -2.35. The smallest absolute Gasteiger partial charge is 0.178 e. The highest BCUT2D eigenvalue weighted by Gasteiger charge is 2.23. The summed E-state index contributed by atoms with van der Waals surface area (Å²) in [6.07, 6.45) is 8.07. The van der Waals surface area contributed by atoms with Crippen LogP contribution in [0.25, 0.3) is 0 Å². The molecule has 0 N–H and O–H groups in total. The van der Waals surface area contributed by atoms with Crippen LogP contribution in [0.15, 0.2) is 53.7 Å². The van der Waals surface area contributed by atoms with Crippen LogP contribution in [0.1, 0.15) is 25.7 Å². The number of aromatic nitrogens is 2. The lowest BCUT2D eigenvalue weighted by molar-refractivity contribution is 0.130. The molecular formula is C18H25N3O2S. The zero-order valence-corrected chi connectivity index (χ0v) is 14.7. The molecule has 130 valence electrons. The number of nitrogens with zero attached hydrogens (tertiary/aromatic N) is 3. The van der Waals surface area contributed by atoms with Gasteiger partial charge >= 0.3 is 0 Å². The molecule has 0 unspecified atom stereocenters. The van der Waals surface area contributed by atoms with E-state index in [1.807, 2.05) is 23.0 Å². The summed E-state index contributed by atoms with van der Waals surface area (Å²) in [6, 6.07) is 11.1. The third kappa shape index (κ3) is 4.45. The molecule has 1 aliphatic heterocycles. The quantitative estimate of drug-likeness (QED) is 0.772. The summed E-state index contributed by atoms with van der Waals surface area (Å²) in [6.45, 7) is 2.77. The predicted octanol–water partition coefficient (Wildman–Crippen LogP) is 2.60. The van der Waals surface area contributed by atoms with E-state index in [0.29, 0.717) is 17.4 Å². The minimum Gasteiger partial charge on any atom is -0.299 e. The van der Waals surface area contributed by atoms with Gasteiger partial charge in [-0.05, 0) is 50.6 Å². The van der Waals surface area contributed by atoms with E-state index in [1.165, 1.54) is 12.8 Å². The Labute approximate surface area is 144 Å². The fraction of sp³-hybridized carbons (Fsp3) is 0.500. The van der Waals surface area contributed by atoms with E-state index < -0.39 is 9.84 Å². The van der Waals surface area contributed by atoms with E-state index in [1.54, 1.807) is 30.5 Å². The third-order valence-electron chi connectivity index (χ3n) is 4.67. The zero-order valence-electron chi connectivity index (χ0n) is 13.9. The van der Waals surface area contributed by atoms with E-state index in [-0.39, 0.29) is 5.75 Å². The minimum atomic E-state index is -3.17. The maximum Gasteiger partial charge on any atom is 0.178 e. The van der Waals surface area contributed by atoms with E-state index >= 15 is 0 Å². The Morgan fingerprint density at radius 3 is 2.71 bits per heavy atom. The molecule has 2 aromatic rings. The van der Waals surface area contributed by atoms with E-state index in [9.17, 15) is 8.42 Å².